The predicted octanol–water partition coefficient (Wildman–Crippen LogP) is 8.31. The minimum absolute atomic E-state index is 0.116. The van der Waals surface area contributed by atoms with Gasteiger partial charge in [-0.25, -0.2) is 9.29 Å². The molecule has 4 amide bonds. The maximum atomic E-state index is 15.1. The van der Waals surface area contributed by atoms with Gasteiger partial charge in [0, 0.05) is 38.8 Å². The molecule has 13 heteroatoms. The summed E-state index contributed by atoms with van der Waals surface area (Å²) in [6.45, 7) is 3.68. The summed E-state index contributed by atoms with van der Waals surface area (Å²) < 4.78 is 18.5. The van der Waals surface area contributed by atoms with Crippen LogP contribution in [0.1, 0.15) is 36.8 Å². The van der Waals surface area contributed by atoms with Crippen LogP contribution < -0.4 is 9.80 Å². The number of rotatable bonds is 4. The topological polar surface area (TPSA) is 113 Å². The number of allylic oxidation sites excluding steroid dienone is 2. The Morgan fingerprint density at radius 2 is 1.74 bits per heavy atom. The number of hydrogen-bond acceptors (Lipinski definition) is 7. The number of phenols is 1. The van der Waals surface area contributed by atoms with Crippen molar-refractivity contribution in [3.05, 3.63) is 105 Å². The SMILES string of the molecule is Cc1c(-c2cc(N3C(=O)C4CC5C(=CCC6C(=O)N(c7ccc(Br)cc7)C(=O)C65)C(c5cccc(F)c5O)C4(C)C3=O)n(C)n2)sc2ccc(Cl)cc12. The van der Waals surface area contributed by atoms with Crippen LogP contribution in [-0.2, 0) is 26.2 Å². The molecule has 268 valence electrons. The number of imide groups is 2. The van der Waals surface area contributed by atoms with E-state index in [2.05, 4.69) is 15.9 Å². The van der Waals surface area contributed by atoms with Crippen LogP contribution in [0.3, 0.4) is 0 Å². The van der Waals surface area contributed by atoms with Gasteiger partial charge in [0.1, 0.15) is 11.5 Å². The lowest BCUT2D eigenvalue weighted by atomic mass is 9.51. The van der Waals surface area contributed by atoms with Crippen LogP contribution in [-0.4, -0.2) is 38.5 Å². The maximum Gasteiger partial charge on any atom is 0.242 e. The molecule has 4 heterocycles. The van der Waals surface area contributed by atoms with Crippen LogP contribution in [0.25, 0.3) is 20.7 Å². The fourth-order valence-electron chi connectivity index (χ4n) is 9.40. The molecule has 3 fully saturated rings. The third-order valence-corrected chi connectivity index (χ3v) is 14.0. The molecule has 0 spiro atoms. The van der Waals surface area contributed by atoms with Gasteiger partial charge >= 0.3 is 0 Å². The number of halogens is 3. The van der Waals surface area contributed by atoms with Crippen molar-refractivity contribution < 1.29 is 28.7 Å². The number of hydrogen-bond donors (Lipinski definition) is 1. The summed E-state index contributed by atoms with van der Waals surface area (Å²) in [4.78, 5) is 61.3. The van der Waals surface area contributed by atoms with Gasteiger partial charge in [-0.3, -0.25) is 28.8 Å². The molecule has 6 atom stereocenters. The van der Waals surface area contributed by atoms with Crippen molar-refractivity contribution in [3.63, 3.8) is 0 Å². The van der Waals surface area contributed by atoms with Crippen molar-refractivity contribution in [1.82, 2.24) is 9.78 Å². The molecule has 0 bridgehead atoms. The summed E-state index contributed by atoms with van der Waals surface area (Å²) in [6, 6.07) is 18.5. The monoisotopic (exact) mass is 812 g/mol. The molecule has 2 aliphatic carbocycles. The molecule has 1 N–H and O–H groups in total. The number of para-hydroxylation sites is 1. The Bertz CT molecular complexity index is 2500. The van der Waals surface area contributed by atoms with E-state index in [1.54, 1.807) is 50.4 Å². The second kappa shape index (κ2) is 11.9. The number of amides is 4. The van der Waals surface area contributed by atoms with E-state index in [4.69, 9.17) is 16.7 Å². The second-order valence-electron chi connectivity index (χ2n) is 14.5. The molecule has 5 aromatic rings. The number of phenolic OH excluding ortho intramolecular Hbond substituents is 1. The van der Waals surface area contributed by atoms with Gasteiger partial charge in [-0.2, -0.15) is 5.10 Å². The van der Waals surface area contributed by atoms with Gasteiger partial charge in [0.25, 0.3) is 0 Å². The molecule has 53 heavy (non-hydrogen) atoms. The van der Waals surface area contributed by atoms with Crippen molar-refractivity contribution in [3.8, 4) is 16.3 Å². The summed E-state index contributed by atoms with van der Waals surface area (Å²) in [5.41, 5.74) is 1.33. The average molecular weight is 814 g/mol. The molecule has 4 aliphatic rings. The minimum atomic E-state index is -1.47. The van der Waals surface area contributed by atoms with Crippen LogP contribution in [0.15, 0.2) is 82.9 Å². The first kappa shape index (κ1) is 34.1. The zero-order valence-corrected chi connectivity index (χ0v) is 31.8. The Kier molecular flexibility index (Phi) is 7.68. The first-order chi connectivity index (χ1) is 25.3. The summed E-state index contributed by atoms with van der Waals surface area (Å²) in [5.74, 6) is -6.93. The number of thiophene rings is 1. The zero-order chi connectivity index (χ0) is 37.2. The van der Waals surface area contributed by atoms with E-state index in [9.17, 15) is 24.3 Å². The highest BCUT2D eigenvalue weighted by molar-refractivity contribution is 9.10. The quantitative estimate of drug-likeness (QED) is 0.144. The molecule has 3 aromatic carbocycles. The Labute approximate surface area is 320 Å². The van der Waals surface area contributed by atoms with Crippen LogP contribution in [0.2, 0.25) is 5.02 Å². The number of aromatic nitrogens is 2. The first-order valence-electron chi connectivity index (χ1n) is 17.2. The number of carbonyl (C=O) groups is 4. The van der Waals surface area contributed by atoms with Crippen molar-refractivity contribution in [2.24, 2.45) is 36.1 Å². The third kappa shape index (κ3) is 4.74. The fourth-order valence-corrected chi connectivity index (χ4v) is 11.0. The minimum Gasteiger partial charge on any atom is -0.505 e. The van der Waals surface area contributed by atoms with Crippen LogP contribution in [0.4, 0.5) is 15.9 Å². The second-order valence-corrected chi connectivity index (χ2v) is 16.9. The van der Waals surface area contributed by atoms with E-state index in [0.717, 1.165) is 36.0 Å². The summed E-state index contributed by atoms with van der Waals surface area (Å²) in [6.07, 6.45) is 2.21. The smallest absolute Gasteiger partial charge is 0.242 e. The van der Waals surface area contributed by atoms with Crippen molar-refractivity contribution in [1.29, 1.82) is 0 Å². The Morgan fingerprint density at radius 3 is 2.49 bits per heavy atom. The van der Waals surface area contributed by atoms with Gasteiger partial charge in [0.05, 0.1) is 33.7 Å². The highest BCUT2D eigenvalue weighted by Gasteiger charge is 2.68. The molecule has 2 aliphatic heterocycles. The van der Waals surface area contributed by atoms with Gasteiger partial charge in [-0.05, 0) is 92.1 Å². The number of benzene rings is 3. The summed E-state index contributed by atoms with van der Waals surface area (Å²) in [7, 11) is 1.67. The molecule has 1 saturated carbocycles. The van der Waals surface area contributed by atoms with Gasteiger partial charge in [0.2, 0.25) is 23.6 Å². The number of nitrogens with zero attached hydrogens (tertiary/aromatic N) is 4. The lowest BCUT2D eigenvalue weighted by Gasteiger charge is -2.49. The molecule has 9 nitrogen and oxygen atoms in total. The van der Waals surface area contributed by atoms with E-state index in [0.29, 0.717) is 22.0 Å². The maximum absolute atomic E-state index is 15.1. The Hall–Kier alpha value is -4.65. The molecule has 9 rings (SSSR count). The van der Waals surface area contributed by atoms with Crippen molar-refractivity contribution in [2.75, 3.05) is 9.80 Å². The molecule has 2 saturated heterocycles. The molecular formula is C40H31BrClFN4O5S. The van der Waals surface area contributed by atoms with Gasteiger partial charge < -0.3 is 5.11 Å². The molecular weight excluding hydrogens is 783 g/mol. The van der Waals surface area contributed by atoms with E-state index in [1.807, 2.05) is 31.2 Å². The zero-order valence-electron chi connectivity index (χ0n) is 28.6. The van der Waals surface area contributed by atoms with E-state index in [-0.39, 0.29) is 36.0 Å². The lowest BCUT2D eigenvalue weighted by Crippen LogP contribution is -2.49. The molecule has 0 radical (unpaired) electrons. The van der Waals surface area contributed by atoms with E-state index in [1.165, 1.54) is 27.0 Å². The fraction of sp³-hybridized carbons (Fsp3) is 0.275. The largest absolute Gasteiger partial charge is 0.505 e. The molecule has 2 aromatic heterocycles. The van der Waals surface area contributed by atoms with E-state index >= 15 is 4.39 Å². The average Bonchev–Trinajstić information content (AvgIpc) is 3.80. The first-order valence-corrected chi connectivity index (χ1v) is 19.2. The number of anilines is 2. The normalized spacial score (nSPS) is 26.7. The number of aromatic hydroxyl groups is 1. The number of fused-ring (bicyclic) bond motifs is 5. The number of aryl methyl sites for hydroxylation is 2. The lowest BCUT2D eigenvalue weighted by molar-refractivity contribution is -0.131. The van der Waals surface area contributed by atoms with Crippen LogP contribution in [0.5, 0.6) is 5.75 Å². The van der Waals surface area contributed by atoms with E-state index < -0.39 is 58.4 Å². The van der Waals surface area contributed by atoms with Crippen LogP contribution in [0, 0.1) is 41.8 Å². The number of carbonyl (C=O) groups excluding carboxylic acids is 4. The van der Waals surface area contributed by atoms with Gasteiger partial charge in [-0.1, -0.05) is 51.3 Å². The third-order valence-electron chi connectivity index (χ3n) is 11.9. The molecule has 6 unspecified atom stereocenters. The highest BCUT2D eigenvalue weighted by Crippen LogP contribution is 2.64. The Balaban J connectivity index is 1.16. The standard InChI is InChI=1S/C40H31BrClFN4O5S/c1-18-25-15-20(42)9-14-30(25)53-35(18)29-17-31(45(3)44-29)47-37(50)27-16-26-22(33(40(27,2)39(47)52)24-5-4-6-28(43)34(24)48)12-13-23-32(26)38(51)46(36(23)49)21-10-7-19(41)8-11-21/h4-12,14-15,17,23,26-27,32-33,48H,13,16H2,1-3H3. The highest BCUT2D eigenvalue weighted by atomic mass is 79.9. The summed E-state index contributed by atoms with van der Waals surface area (Å²) >= 11 is 11.2. The summed E-state index contributed by atoms with van der Waals surface area (Å²) in [5, 5.41) is 17.6. The van der Waals surface area contributed by atoms with Crippen LogP contribution >= 0.6 is 38.9 Å². The van der Waals surface area contributed by atoms with Gasteiger partial charge in [-0.15, -0.1) is 11.3 Å². The predicted molar refractivity (Wildman–Crippen MR) is 203 cm³/mol. The van der Waals surface area contributed by atoms with Gasteiger partial charge in [0.15, 0.2) is 11.6 Å². The Morgan fingerprint density at radius 1 is 0.981 bits per heavy atom. The van der Waals surface area contributed by atoms with Crippen molar-refractivity contribution >= 4 is 84.1 Å². The van der Waals surface area contributed by atoms with Crippen molar-refractivity contribution in [2.45, 2.75) is 32.6 Å².